The molecule has 32 heavy (non-hydrogen) atoms. The molecule has 1 aliphatic rings. The number of carbonyl (C=O) groups is 2. The number of rotatable bonds is 7. The molecule has 0 bridgehead atoms. The lowest BCUT2D eigenvalue weighted by Crippen LogP contribution is -2.23. The number of carbonyl (C=O) groups excluding carboxylic acids is 2. The van der Waals surface area contributed by atoms with Crippen LogP contribution in [-0.4, -0.2) is 37.5 Å². The first-order valence-electron chi connectivity index (χ1n) is 11.2. The zero-order valence-corrected chi connectivity index (χ0v) is 18.3. The van der Waals surface area contributed by atoms with Gasteiger partial charge in [-0.15, -0.1) is 5.10 Å². The molecule has 3 heterocycles. The van der Waals surface area contributed by atoms with Gasteiger partial charge < -0.3 is 9.88 Å². The van der Waals surface area contributed by atoms with Crippen LogP contribution in [0, 0.1) is 5.92 Å². The highest BCUT2D eigenvalue weighted by atomic mass is 16.2. The summed E-state index contributed by atoms with van der Waals surface area (Å²) in [6.45, 7) is 5.55. The van der Waals surface area contributed by atoms with Crippen molar-refractivity contribution in [2.24, 2.45) is 5.92 Å². The second-order valence-electron chi connectivity index (χ2n) is 8.23. The molecule has 0 unspecified atom stereocenters. The van der Waals surface area contributed by atoms with Gasteiger partial charge in [-0.1, -0.05) is 13.0 Å². The number of hydrogen-bond acceptors (Lipinski definition) is 4. The topological polar surface area (TPSA) is 93.3 Å². The lowest BCUT2D eigenvalue weighted by atomic mass is 10.0. The number of nitrogens with one attached hydrogen (secondary N) is 2. The summed E-state index contributed by atoms with van der Waals surface area (Å²) in [6.07, 6.45) is 6.52. The van der Waals surface area contributed by atoms with E-state index in [0.717, 1.165) is 47.8 Å². The number of nitrogens with zero attached hydrogens (tertiary/aromatic N) is 4. The van der Waals surface area contributed by atoms with Crippen molar-refractivity contribution in [1.29, 1.82) is 0 Å². The molecule has 2 N–H and O–H groups in total. The molecule has 8 heteroatoms. The van der Waals surface area contributed by atoms with Gasteiger partial charge in [-0.2, -0.15) is 4.98 Å². The maximum absolute atomic E-state index is 12.7. The molecule has 4 aromatic rings. The zero-order valence-electron chi connectivity index (χ0n) is 18.3. The van der Waals surface area contributed by atoms with Crippen LogP contribution in [0.15, 0.2) is 42.7 Å². The number of pyridine rings is 1. The molecule has 2 amide bonds. The SMILES string of the molecule is CCCNC(=O)c1cn(CC)c2ccc(-c3ccn4nc(NC(=O)C5CC5)nc4c3)cc12. The van der Waals surface area contributed by atoms with Gasteiger partial charge in [0.1, 0.15) is 0 Å². The summed E-state index contributed by atoms with van der Waals surface area (Å²) >= 11 is 0. The Labute approximate surface area is 185 Å². The van der Waals surface area contributed by atoms with Crippen LogP contribution in [0.1, 0.15) is 43.5 Å². The molecular formula is C24H26N6O2. The van der Waals surface area contributed by atoms with Crippen LogP contribution >= 0.6 is 0 Å². The molecule has 164 valence electrons. The van der Waals surface area contributed by atoms with E-state index in [1.807, 2.05) is 31.5 Å². The highest BCUT2D eigenvalue weighted by molar-refractivity contribution is 6.08. The van der Waals surface area contributed by atoms with E-state index >= 15 is 0 Å². The van der Waals surface area contributed by atoms with Gasteiger partial charge in [-0.25, -0.2) is 4.52 Å². The van der Waals surface area contributed by atoms with Crippen molar-refractivity contribution in [2.75, 3.05) is 11.9 Å². The molecule has 0 spiro atoms. The average molecular weight is 431 g/mol. The Morgan fingerprint density at radius 1 is 1.12 bits per heavy atom. The van der Waals surface area contributed by atoms with Crippen molar-refractivity contribution in [3.8, 4) is 11.1 Å². The summed E-state index contributed by atoms with van der Waals surface area (Å²) in [6, 6.07) is 10.1. The second-order valence-corrected chi connectivity index (χ2v) is 8.23. The predicted octanol–water partition coefficient (Wildman–Crippen LogP) is 3.86. The third-order valence-corrected chi connectivity index (χ3v) is 5.86. The Balaban J connectivity index is 1.50. The minimum Gasteiger partial charge on any atom is -0.352 e. The van der Waals surface area contributed by atoms with E-state index in [-0.39, 0.29) is 17.7 Å². The molecule has 1 aliphatic carbocycles. The third-order valence-electron chi connectivity index (χ3n) is 5.86. The quantitative estimate of drug-likeness (QED) is 0.466. The van der Waals surface area contributed by atoms with Gasteiger partial charge in [0, 0.05) is 42.3 Å². The number of anilines is 1. The lowest BCUT2D eigenvalue weighted by molar-refractivity contribution is -0.117. The lowest BCUT2D eigenvalue weighted by Gasteiger charge is -2.05. The van der Waals surface area contributed by atoms with Crippen LogP contribution < -0.4 is 10.6 Å². The number of benzene rings is 1. The second kappa shape index (κ2) is 8.11. The predicted molar refractivity (Wildman–Crippen MR) is 124 cm³/mol. The van der Waals surface area contributed by atoms with Gasteiger partial charge in [0.25, 0.3) is 5.91 Å². The van der Waals surface area contributed by atoms with Gasteiger partial charge in [0.15, 0.2) is 5.65 Å². The molecule has 3 aromatic heterocycles. The summed E-state index contributed by atoms with van der Waals surface area (Å²) in [5.74, 6) is 0.360. The number of hydrogen-bond donors (Lipinski definition) is 2. The van der Waals surface area contributed by atoms with Gasteiger partial charge in [0.05, 0.1) is 5.56 Å². The molecule has 1 saturated carbocycles. The number of aromatic nitrogens is 4. The zero-order chi connectivity index (χ0) is 22.2. The molecule has 1 fully saturated rings. The van der Waals surface area contributed by atoms with Crippen molar-refractivity contribution < 1.29 is 9.59 Å². The van der Waals surface area contributed by atoms with Crippen LogP contribution in [0.5, 0.6) is 0 Å². The van der Waals surface area contributed by atoms with Gasteiger partial charge in [-0.05, 0) is 61.6 Å². The monoisotopic (exact) mass is 430 g/mol. The van der Waals surface area contributed by atoms with Crippen LogP contribution in [0.25, 0.3) is 27.7 Å². The minimum absolute atomic E-state index is 0.0131. The van der Waals surface area contributed by atoms with Gasteiger partial charge in [-0.3, -0.25) is 14.9 Å². The summed E-state index contributed by atoms with van der Waals surface area (Å²) in [5, 5.41) is 11.0. The molecule has 0 saturated heterocycles. The van der Waals surface area contributed by atoms with E-state index in [0.29, 0.717) is 23.7 Å². The van der Waals surface area contributed by atoms with Crippen molar-refractivity contribution in [3.63, 3.8) is 0 Å². The fourth-order valence-electron chi connectivity index (χ4n) is 3.92. The first kappa shape index (κ1) is 20.2. The van der Waals surface area contributed by atoms with Gasteiger partial charge in [0.2, 0.25) is 11.9 Å². The molecule has 1 aromatic carbocycles. The van der Waals surface area contributed by atoms with E-state index in [9.17, 15) is 9.59 Å². The molecule has 0 radical (unpaired) electrons. The Morgan fingerprint density at radius 2 is 1.94 bits per heavy atom. The summed E-state index contributed by atoms with van der Waals surface area (Å²) in [4.78, 5) is 29.2. The fourth-order valence-corrected chi connectivity index (χ4v) is 3.92. The van der Waals surface area contributed by atoms with Crippen molar-refractivity contribution in [2.45, 2.75) is 39.7 Å². The average Bonchev–Trinajstić information content (AvgIpc) is 3.48. The highest BCUT2D eigenvalue weighted by Gasteiger charge is 2.30. The first-order chi connectivity index (χ1) is 15.6. The smallest absolute Gasteiger partial charge is 0.253 e. The largest absolute Gasteiger partial charge is 0.352 e. The molecular weight excluding hydrogens is 404 g/mol. The first-order valence-corrected chi connectivity index (χ1v) is 11.2. The standard InChI is InChI=1S/C24H26N6O2/c1-3-10-25-23(32)19-14-29(4-2)20-8-7-16(12-18(19)20)17-9-11-30-21(13-17)26-24(28-30)27-22(31)15-5-6-15/h7-9,11-15H,3-6,10H2,1-2H3,(H,25,32)(H,27,28,31). The van der Waals surface area contributed by atoms with Crippen molar-refractivity contribution >= 4 is 34.3 Å². The fraction of sp³-hybridized carbons (Fsp3) is 0.333. The maximum atomic E-state index is 12.7. The molecule has 0 aliphatic heterocycles. The summed E-state index contributed by atoms with van der Waals surface area (Å²) in [5.41, 5.74) is 4.33. The van der Waals surface area contributed by atoms with E-state index in [4.69, 9.17) is 0 Å². The van der Waals surface area contributed by atoms with E-state index in [1.165, 1.54) is 0 Å². The van der Waals surface area contributed by atoms with E-state index < -0.39 is 0 Å². The third kappa shape index (κ3) is 3.72. The Kier molecular flexibility index (Phi) is 5.13. The minimum atomic E-state index is -0.0508. The Morgan fingerprint density at radius 3 is 2.69 bits per heavy atom. The normalized spacial score (nSPS) is 13.6. The van der Waals surface area contributed by atoms with E-state index in [2.05, 4.69) is 50.4 Å². The Hall–Kier alpha value is -3.68. The van der Waals surface area contributed by atoms with Crippen LogP contribution in [0.2, 0.25) is 0 Å². The van der Waals surface area contributed by atoms with Crippen molar-refractivity contribution in [1.82, 2.24) is 24.5 Å². The molecule has 8 nitrogen and oxygen atoms in total. The number of fused-ring (bicyclic) bond motifs is 2. The highest BCUT2D eigenvalue weighted by Crippen LogP contribution is 2.31. The molecule has 0 atom stereocenters. The number of amides is 2. The van der Waals surface area contributed by atoms with Crippen LogP contribution in [0.4, 0.5) is 5.95 Å². The van der Waals surface area contributed by atoms with Gasteiger partial charge >= 0.3 is 0 Å². The number of aryl methyl sites for hydroxylation is 1. The summed E-state index contributed by atoms with van der Waals surface area (Å²) in [7, 11) is 0. The van der Waals surface area contributed by atoms with Crippen LogP contribution in [0.3, 0.4) is 0 Å². The maximum Gasteiger partial charge on any atom is 0.253 e. The Bertz CT molecular complexity index is 1330. The summed E-state index contributed by atoms with van der Waals surface area (Å²) < 4.78 is 3.75. The molecule has 5 rings (SSSR count). The van der Waals surface area contributed by atoms with E-state index in [1.54, 1.807) is 4.52 Å². The van der Waals surface area contributed by atoms with Crippen molar-refractivity contribution in [3.05, 3.63) is 48.3 Å². The van der Waals surface area contributed by atoms with Crippen LogP contribution in [-0.2, 0) is 11.3 Å².